The third-order valence-corrected chi connectivity index (χ3v) is 7.15. The van der Waals surface area contributed by atoms with Crippen LogP contribution in [0, 0.1) is 17.2 Å². The van der Waals surface area contributed by atoms with Crippen molar-refractivity contribution in [3.63, 3.8) is 0 Å². The van der Waals surface area contributed by atoms with E-state index in [4.69, 9.17) is 5.26 Å². The number of anilines is 1. The van der Waals surface area contributed by atoms with Gasteiger partial charge in [-0.3, -0.25) is 0 Å². The molecule has 0 radical (unpaired) electrons. The van der Waals surface area contributed by atoms with Gasteiger partial charge in [0, 0.05) is 19.0 Å². The van der Waals surface area contributed by atoms with Crippen molar-refractivity contribution in [3.8, 4) is 6.07 Å². The summed E-state index contributed by atoms with van der Waals surface area (Å²) in [5.41, 5.74) is -2.02. The van der Waals surface area contributed by atoms with Crippen molar-refractivity contribution < 1.29 is 35.2 Å². The molecule has 0 aliphatic carbocycles. The monoisotopic (exact) mass is 489 g/mol. The van der Waals surface area contributed by atoms with Crippen LogP contribution in [0.5, 0.6) is 0 Å². The minimum atomic E-state index is -5.49. The van der Waals surface area contributed by atoms with Gasteiger partial charge in [0.25, 0.3) is 0 Å². The molecule has 1 fully saturated rings. The first-order chi connectivity index (χ1) is 15.4. The van der Waals surface area contributed by atoms with Crippen molar-refractivity contribution in [2.45, 2.75) is 29.2 Å². The summed E-state index contributed by atoms with van der Waals surface area (Å²) < 4.78 is 94.0. The molecule has 1 aromatic carbocycles. The van der Waals surface area contributed by atoms with Crippen LogP contribution in [-0.4, -0.2) is 47.9 Å². The zero-order valence-electron chi connectivity index (χ0n) is 16.7. The molecule has 1 aromatic heterocycles. The highest BCUT2D eigenvalue weighted by molar-refractivity contribution is 7.92. The van der Waals surface area contributed by atoms with Crippen molar-refractivity contribution in [2.24, 2.45) is 5.92 Å². The summed E-state index contributed by atoms with van der Waals surface area (Å²) in [5.74, 6) is -1.71. The first-order valence-corrected chi connectivity index (χ1v) is 10.9. The third-order valence-electron chi connectivity index (χ3n) is 5.17. The van der Waals surface area contributed by atoms with Crippen molar-refractivity contribution >= 4 is 21.6 Å². The summed E-state index contributed by atoms with van der Waals surface area (Å²) in [4.78, 5) is 12.3. The van der Waals surface area contributed by atoms with Crippen LogP contribution in [0.3, 0.4) is 0 Å². The molecule has 0 spiro atoms. The van der Waals surface area contributed by atoms with Crippen LogP contribution in [0.25, 0.3) is 0 Å². The molecule has 3 rings (SSSR count). The maximum atomic E-state index is 15.0. The van der Waals surface area contributed by atoms with E-state index in [1.807, 2.05) is 0 Å². The van der Waals surface area contributed by atoms with Gasteiger partial charge in [-0.25, -0.2) is 13.2 Å². The fourth-order valence-corrected chi connectivity index (χ4v) is 4.99. The zero-order chi connectivity index (χ0) is 24.4. The lowest BCUT2D eigenvalue weighted by molar-refractivity contribution is -0.137. The van der Waals surface area contributed by atoms with Crippen LogP contribution in [0.2, 0.25) is 0 Å². The van der Waals surface area contributed by atoms with Gasteiger partial charge in [-0.05, 0) is 37.1 Å². The van der Waals surface area contributed by atoms with Gasteiger partial charge in [-0.2, -0.15) is 37.4 Å². The van der Waals surface area contributed by atoms with E-state index >= 15 is 8.78 Å². The summed E-state index contributed by atoms with van der Waals surface area (Å²) in [5, 5.41) is 14.3. The lowest BCUT2D eigenvalue weighted by atomic mass is 9.97. The van der Waals surface area contributed by atoms with Gasteiger partial charge in [-0.15, -0.1) is 0 Å². The third kappa shape index (κ3) is 4.87. The Kier molecular flexibility index (Phi) is 6.55. The van der Waals surface area contributed by atoms with Gasteiger partial charge in [-0.1, -0.05) is 0 Å². The van der Waals surface area contributed by atoms with Crippen LogP contribution in [0.15, 0.2) is 41.6 Å². The van der Waals surface area contributed by atoms with E-state index in [0.717, 1.165) is 0 Å². The summed E-state index contributed by atoms with van der Waals surface area (Å²) in [7, 11) is -5.49. The highest BCUT2D eigenvalue weighted by atomic mass is 32.2. The van der Waals surface area contributed by atoms with E-state index in [2.05, 4.69) is 15.5 Å². The number of benzene rings is 1. The summed E-state index contributed by atoms with van der Waals surface area (Å²) in [6.45, 7) is -0.365. The van der Waals surface area contributed by atoms with Crippen LogP contribution in [0.4, 0.5) is 32.4 Å². The lowest BCUT2D eigenvalue weighted by Gasteiger charge is -2.35. The Morgan fingerprint density at radius 2 is 1.79 bits per heavy atom. The molecule has 176 valence electrons. The largest absolute Gasteiger partial charge is 0.416 e. The van der Waals surface area contributed by atoms with Gasteiger partial charge < -0.3 is 10.2 Å². The fraction of sp³-hybridized carbons (Fsp3) is 0.368. The predicted molar refractivity (Wildman–Crippen MR) is 104 cm³/mol. The molecule has 33 heavy (non-hydrogen) atoms. The Morgan fingerprint density at radius 3 is 2.33 bits per heavy atom. The van der Waals surface area contributed by atoms with Crippen LogP contribution < -0.4 is 5.32 Å². The van der Waals surface area contributed by atoms with Gasteiger partial charge in [0.2, 0.25) is 9.84 Å². The molecule has 1 N–H and O–H groups in total. The van der Waals surface area contributed by atoms with Gasteiger partial charge >= 0.3 is 17.5 Å². The number of carbonyl (C=O) groups is 1. The average molecular weight is 489 g/mol. The highest BCUT2D eigenvalue weighted by Gasteiger charge is 2.54. The molecule has 0 bridgehead atoms. The molecule has 8 nitrogen and oxygen atoms in total. The highest BCUT2D eigenvalue weighted by Crippen LogP contribution is 2.42. The molecule has 14 heteroatoms. The number of nitrogens with one attached hydrogen (secondary N) is 1. The number of amides is 2. The van der Waals surface area contributed by atoms with Gasteiger partial charge in [0.15, 0.2) is 0 Å². The number of alkyl halides is 5. The first kappa shape index (κ1) is 24.3. The second-order valence-corrected chi connectivity index (χ2v) is 9.20. The first-order valence-electron chi connectivity index (χ1n) is 9.44. The Hall–Kier alpha value is -3.34. The maximum absolute atomic E-state index is 15.0. The van der Waals surface area contributed by atoms with Gasteiger partial charge in [0.1, 0.15) is 6.07 Å². The molecule has 0 unspecified atom stereocenters. The Labute approximate surface area is 184 Å². The molecule has 1 saturated heterocycles. The SMILES string of the molecule is N#Cc1cc(C(F)(F)F)ccc1S(=O)(=O)C(F)(F)C1CCN(C(=O)Nc2ccnnc2)CC1. The molecule has 2 aromatic rings. The standard InChI is InChI=1S/C19H16F5N5O3S/c20-18(21,22)14-1-2-16(12(9-14)10-25)33(31,32)19(23,24)13-4-7-29(8-5-13)17(30)28-15-3-6-26-27-11-15/h1-3,6,9,11,13H,4-5,7-8H2,(H,26,28,30). The number of halogens is 5. The molecule has 2 amide bonds. The number of aromatic nitrogens is 2. The number of hydrogen-bond acceptors (Lipinski definition) is 6. The number of likely N-dealkylation sites (tertiary alicyclic amines) is 1. The zero-order valence-corrected chi connectivity index (χ0v) is 17.5. The van der Waals surface area contributed by atoms with Crippen LogP contribution >= 0.6 is 0 Å². The second kappa shape index (κ2) is 8.89. The quantitative estimate of drug-likeness (QED) is 0.655. The minimum Gasteiger partial charge on any atom is -0.325 e. The number of carbonyl (C=O) groups excluding carboxylic acids is 1. The smallest absolute Gasteiger partial charge is 0.325 e. The van der Waals surface area contributed by atoms with Crippen molar-refractivity contribution in [1.82, 2.24) is 15.1 Å². The number of piperidine rings is 1. The number of nitrogens with zero attached hydrogens (tertiary/aromatic N) is 4. The molecule has 1 aliphatic heterocycles. The van der Waals surface area contributed by atoms with E-state index in [1.165, 1.54) is 29.4 Å². The summed E-state index contributed by atoms with van der Waals surface area (Å²) in [6.07, 6.45) is -3.02. The van der Waals surface area contributed by atoms with Gasteiger partial charge in [0.05, 0.1) is 34.1 Å². The predicted octanol–water partition coefficient (Wildman–Crippen LogP) is 3.68. The summed E-state index contributed by atoms with van der Waals surface area (Å²) >= 11 is 0. The molecular formula is C19H16F5N5O3S. The lowest BCUT2D eigenvalue weighted by Crippen LogP contribution is -2.47. The number of urea groups is 1. The van der Waals surface area contributed by atoms with E-state index in [0.29, 0.717) is 17.8 Å². The topological polar surface area (TPSA) is 116 Å². The van der Waals surface area contributed by atoms with E-state index in [-0.39, 0.29) is 32.0 Å². The fourth-order valence-electron chi connectivity index (χ4n) is 3.38. The second-order valence-electron chi connectivity index (χ2n) is 7.21. The van der Waals surface area contributed by atoms with Crippen LogP contribution in [-0.2, 0) is 16.0 Å². The van der Waals surface area contributed by atoms with E-state index in [1.54, 1.807) is 0 Å². The molecule has 0 saturated carbocycles. The number of rotatable bonds is 4. The minimum absolute atomic E-state index is 0.182. The summed E-state index contributed by atoms with van der Waals surface area (Å²) in [6, 6.07) is 3.06. The molecule has 1 aliphatic rings. The molecule has 2 heterocycles. The number of hydrogen-bond donors (Lipinski definition) is 1. The Balaban J connectivity index is 1.76. The number of sulfone groups is 1. The van der Waals surface area contributed by atoms with Crippen molar-refractivity contribution in [3.05, 3.63) is 47.8 Å². The molecule has 0 atom stereocenters. The van der Waals surface area contributed by atoms with E-state index < -0.39 is 49.2 Å². The Morgan fingerprint density at radius 1 is 1.12 bits per heavy atom. The van der Waals surface area contributed by atoms with Crippen molar-refractivity contribution in [2.75, 3.05) is 18.4 Å². The number of nitriles is 1. The molecular weight excluding hydrogens is 473 g/mol. The van der Waals surface area contributed by atoms with Crippen LogP contribution in [0.1, 0.15) is 24.0 Å². The normalized spacial score (nSPS) is 15.7. The maximum Gasteiger partial charge on any atom is 0.416 e. The van der Waals surface area contributed by atoms with Crippen molar-refractivity contribution in [1.29, 1.82) is 5.26 Å². The Bertz CT molecular complexity index is 1170. The van der Waals surface area contributed by atoms with E-state index in [9.17, 15) is 26.4 Å². The average Bonchev–Trinajstić information content (AvgIpc) is 2.78.